The number of carbonyl (C=O) groups is 1. The molecule has 0 spiro atoms. The average molecular weight is 688 g/mol. The van der Waals surface area contributed by atoms with Crippen LogP contribution in [0.25, 0.3) is 11.8 Å². The van der Waals surface area contributed by atoms with Crippen molar-refractivity contribution in [2.45, 2.75) is 24.5 Å². The summed E-state index contributed by atoms with van der Waals surface area (Å²) in [5, 5.41) is 1.06. The Bertz CT molecular complexity index is 2120. The number of ether oxygens (including phenoxy) is 2. The van der Waals surface area contributed by atoms with Gasteiger partial charge in [0.2, 0.25) is 0 Å². The third-order valence-electron chi connectivity index (χ3n) is 7.41. The molecule has 1 aliphatic rings. The van der Waals surface area contributed by atoms with Gasteiger partial charge in [0.05, 0.1) is 28.5 Å². The number of hydrogen-bond acceptors (Lipinski definition) is 7. The van der Waals surface area contributed by atoms with Gasteiger partial charge in [0, 0.05) is 31.6 Å². The molecule has 4 aromatic carbocycles. The Labute approximate surface area is 284 Å². The van der Waals surface area contributed by atoms with E-state index < -0.39 is 12.0 Å². The molecular formula is C36H28Cl2N2O4S2. The number of halogens is 2. The van der Waals surface area contributed by atoms with Crippen molar-refractivity contribution in [1.82, 2.24) is 4.57 Å². The second-order valence-electron chi connectivity index (χ2n) is 10.3. The summed E-state index contributed by atoms with van der Waals surface area (Å²) in [5.74, 6) is 0.0682. The van der Waals surface area contributed by atoms with Gasteiger partial charge in [0.1, 0.15) is 12.4 Å². The zero-order valence-electron chi connectivity index (χ0n) is 24.9. The van der Waals surface area contributed by atoms with E-state index in [2.05, 4.69) is 0 Å². The average Bonchev–Trinajstić information content (AvgIpc) is 3.38. The summed E-state index contributed by atoms with van der Waals surface area (Å²) in [6, 6.07) is 29.4. The van der Waals surface area contributed by atoms with Crippen LogP contribution in [0.15, 0.2) is 117 Å². The van der Waals surface area contributed by atoms with E-state index in [0.717, 1.165) is 21.6 Å². The first-order chi connectivity index (χ1) is 22.4. The normalized spacial score (nSPS) is 14.5. The van der Waals surface area contributed by atoms with Crippen molar-refractivity contribution in [1.29, 1.82) is 0 Å². The standard InChI is InChI=1S/C36H28Cl2N2O4S2/c1-3-43-35(42)31-32(22-9-5-4-6-10-22)39-36-40(33(31)23-14-17-27(45-2)18-15-23)34(41)30(46-36)19-24-11-7-8-12-29(24)44-21-25-13-16-26(37)20-28(25)38/h4-20,33H,3,21H2,1-2H3/b30-19+/t33-/m0/s1. The largest absolute Gasteiger partial charge is 0.488 e. The maximum absolute atomic E-state index is 14.3. The first-order valence-electron chi connectivity index (χ1n) is 14.5. The Morgan fingerprint density at radius 2 is 1.74 bits per heavy atom. The van der Waals surface area contributed by atoms with Gasteiger partial charge in [-0.05, 0) is 55.2 Å². The molecule has 2 heterocycles. The number of esters is 1. The maximum Gasteiger partial charge on any atom is 0.338 e. The van der Waals surface area contributed by atoms with Gasteiger partial charge in [0.15, 0.2) is 4.80 Å². The Hall–Kier alpha value is -4.08. The van der Waals surface area contributed by atoms with Gasteiger partial charge in [-0.15, -0.1) is 11.8 Å². The van der Waals surface area contributed by atoms with Gasteiger partial charge in [-0.1, -0.05) is 101 Å². The van der Waals surface area contributed by atoms with Crippen molar-refractivity contribution in [3.8, 4) is 5.75 Å². The first kappa shape index (κ1) is 31.9. The summed E-state index contributed by atoms with van der Waals surface area (Å²) in [7, 11) is 0. The van der Waals surface area contributed by atoms with E-state index in [0.29, 0.717) is 42.0 Å². The lowest BCUT2D eigenvalue weighted by Crippen LogP contribution is -2.40. The van der Waals surface area contributed by atoms with Crippen molar-refractivity contribution in [2.75, 3.05) is 12.9 Å². The molecule has 0 radical (unpaired) electrons. The van der Waals surface area contributed by atoms with E-state index in [4.69, 9.17) is 37.7 Å². The number of fused-ring (bicyclic) bond motifs is 1. The van der Waals surface area contributed by atoms with Crippen LogP contribution in [0.3, 0.4) is 0 Å². The lowest BCUT2D eigenvalue weighted by atomic mass is 9.93. The third kappa shape index (κ3) is 6.57. The molecule has 0 aliphatic carbocycles. The molecule has 0 saturated carbocycles. The van der Waals surface area contributed by atoms with Crippen molar-refractivity contribution in [2.24, 2.45) is 4.99 Å². The van der Waals surface area contributed by atoms with Crippen LogP contribution in [-0.2, 0) is 16.1 Å². The van der Waals surface area contributed by atoms with Gasteiger partial charge >= 0.3 is 5.97 Å². The van der Waals surface area contributed by atoms with E-state index in [9.17, 15) is 9.59 Å². The molecule has 0 amide bonds. The molecule has 6 nitrogen and oxygen atoms in total. The number of para-hydroxylation sites is 1. The minimum Gasteiger partial charge on any atom is -0.488 e. The Morgan fingerprint density at radius 1 is 1.00 bits per heavy atom. The predicted octanol–water partition coefficient (Wildman–Crippen LogP) is 7.54. The number of aromatic nitrogens is 1. The highest BCUT2D eigenvalue weighted by atomic mass is 35.5. The highest BCUT2D eigenvalue weighted by Crippen LogP contribution is 2.36. The third-order valence-corrected chi connectivity index (χ3v) is 9.72. The quantitative estimate of drug-likeness (QED) is 0.118. The monoisotopic (exact) mass is 686 g/mol. The minimum absolute atomic E-state index is 0.185. The summed E-state index contributed by atoms with van der Waals surface area (Å²) in [4.78, 5) is 34.5. The summed E-state index contributed by atoms with van der Waals surface area (Å²) in [6.07, 6.45) is 3.80. The molecule has 1 aromatic heterocycles. The lowest BCUT2D eigenvalue weighted by molar-refractivity contribution is -0.138. The molecule has 0 saturated heterocycles. The summed E-state index contributed by atoms with van der Waals surface area (Å²) in [6.45, 7) is 2.17. The molecule has 232 valence electrons. The second kappa shape index (κ2) is 14.1. The minimum atomic E-state index is -0.748. The van der Waals surface area contributed by atoms with E-state index in [-0.39, 0.29) is 18.8 Å². The molecule has 6 rings (SSSR count). The fourth-order valence-corrected chi connectivity index (χ4v) is 7.07. The lowest BCUT2D eigenvalue weighted by Gasteiger charge is -2.26. The molecule has 0 fully saturated rings. The molecule has 1 atom stereocenters. The van der Waals surface area contributed by atoms with Crippen LogP contribution in [-0.4, -0.2) is 23.4 Å². The summed E-state index contributed by atoms with van der Waals surface area (Å²) in [5.41, 5.74) is 3.56. The van der Waals surface area contributed by atoms with Crippen LogP contribution < -0.4 is 19.6 Å². The van der Waals surface area contributed by atoms with Gasteiger partial charge in [-0.25, -0.2) is 9.79 Å². The van der Waals surface area contributed by atoms with Crippen LogP contribution in [0.5, 0.6) is 5.75 Å². The van der Waals surface area contributed by atoms with Crippen LogP contribution in [0.1, 0.15) is 35.2 Å². The van der Waals surface area contributed by atoms with Crippen molar-refractivity contribution in [3.63, 3.8) is 0 Å². The van der Waals surface area contributed by atoms with Gasteiger partial charge in [0.25, 0.3) is 5.56 Å². The first-order valence-corrected chi connectivity index (χ1v) is 17.3. The van der Waals surface area contributed by atoms with E-state index in [1.165, 1.54) is 11.3 Å². The number of benzene rings is 4. The SMILES string of the molecule is CCOC(=O)C1=C(c2ccccc2)N=c2s/c(=C/c3ccccc3OCc3ccc(Cl)cc3Cl)c(=O)n2[C@H]1c1ccc(SC)cc1. The fourth-order valence-electron chi connectivity index (χ4n) is 5.21. The predicted molar refractivity (Wildman–Crippen MR) is 187 cm³/mol. The van der Waals surface area contributed by atoms with Crippen molar-refractivity contribution < 1.29 is 14.3 Å². The molecule has 1 aliphatic heterocycles. The topological polar surface area (TPSA) is 69.9 Å². The van der Waals surface area contributed by atoms with Gasteiger partial charge in [-0.2, -0.15) is 0 Å². The molecule has 0 unspecified atom stereocenters. The molecule has 46 heavy (non-hydrogen) atoms. The number of rotatable bonds is 9. The van der Waals surface area contributed by atoms with Crippen LogP contribution in [0.2, 0.25) is 10.0 Å². The van der Waals surface area contributed by atoms with Crippen LogP contribution >= 0.6 is 46.3 Å². The molecule has 0 N–H and O–H groups in total. The number of nitrogens with zero attached hydrogens (tertiary/aromatic N) is 2. The highest BCUT2D eigenvalue weighted by Gasteiger charge is 2.35. The van der Waals surface area contributed by atoms with Gasteiger partial charge < -0.3 is 9.47 Å². The zero-order chi connectivity index (χ0) is 32.2. The summed E-state index contributed by atoms with van der Waals surface area (Å²) >= 11 is 15.3. The molecular weight excluding hydrogens is 659 g/mol. The number of carbonyl (C=O) groups excluding carboxylic acids is 1. The second-order valence-corrected chi connectivity index (χ2v) is 13.0. The zero-order valence-corrected chi connectivity index (χ0v) is 28.1. The fraction of sp³-hybridized carbons (Fsp3) is 0.139. The Balaban J connectivity index is 1.51. The summed E-state index contributed by atoms with van der Waals surface area (Å²) < 4.78 is 13.8. The van der Waals surface area contributed by atoms with Gasteiger partial charge in [-0.3, -0.25) is 9.36 Å². The van der Waals surface area contributed by atoms with Crippen molar-refractivity contribution >= 4 is 64.0 Å². The molecule has 5 aromatic rings. The van der Waals surface area contributed by atoms with Crippen LogP contribution in [0.4, 0.5) is 0 Å². The number of hydrogen-bond donors (Lipinski definition) is 0. The highest BCUT2D eigenvalue weighted by molar-refractivity contribution is 7.98. The van der Waals surface area contributed by atoms with Crippen molar-refractivity contribution in [3.05, 3.63) is 155 Å². The van der Waals surface area contributed by atoms with E-state index >= 15 is 0 Å². The van der Waals surface area contributed by atoms with E-state index in [1.54, 1.807) is 41.5 Å². The maximum atomic E-state index is 14.3. The van der Waals surface area contributed by atoms with E-state index in [1.807, 2.05) is 91.2 Å². The van der Waals surface area contributed by atoms with Crippen LogP contribution in [0, 0.1) is 0 Å². The molecule has 0 bridgehead atoms. The molecule has 10 heteroatoms. The Morgan fingerprint density at radius 3 is 2.46 bits per heavy atom. The number of thioether (sulfide) groups is 1. The Kier molecular flexibility index (Phi) is 9.80. The smallest absolute Gasteiger partial charge is 0.338 e. The number of thiazole rings is 1.